The number of fused-ring (bicyclic) bond motifs is 1. The van der Waals surface area contributed by atoms with Crippen molar-refractivity contribution in [3.05, 3.63) is 60.3 Å². The van der Waals surface area contributed by atoms with Crippen molar-refractivity contribution in [2.45, 2.75) is 30.3 Å². The first-order chi connectivity index (χ1) is 17.1. The van der Waals surface area contributed by atoms with Gasteiger partial charge >= 0.3 is 0 Å². The van der Waals surface area contributed by atoms with Crippen LogP contribution in [-0.2, 0) is 0 Å². The van der Waals surface area contributed by atoms with E-state index in [2.05, 4.69) is 22.0 Å². The molecular weight excluding hydrogens is 463 g/mol. The Morgan fingerprint density at radius 3 is 2.74 bits per heavy atom. The van der Waals surface area contributed by atoms with E-state index in [1.165, 1.54) is 4.90 Å². The predicted molar refractivity (Wildman–Crippen MR) is 140 cm³/mol. The Bertz CT molecular complexity index is 1100. The molecule has 3 atom stereocenters. The molecule has 188 valence electrons. The number of halogens is 1. The van der Waals surface area contributed by atoms with Gasteiger partial charge in [0.15, 0.2) is 0 Å². The van der Waals surface area contributed by atoms with Crippen LogP contribution in [0.1, 0.15) is 31.0 Å². The molecule has 0 amide bonds. The van der Waals surface area contributed by atoms with E-state index in [4.69, 9.17) is 9.47 Å². The molecular formula is C28H35FN2O3S. The molecule has 0 saturated carbocycles. The van der Waals surface area contributed by atoms with Crippen LogP contribution in [0.3, 0.4) is 0 Å². The summed E-state index contributed by atoms with van der Waals surface area (Å²) in [5.41, 5.74) is 1.45. The molecule has 1 fully saturated rings. The molecule has 5 nitrogen and oxygen atoms in total. The number of alkyl halides is 1. The molecule has 1 N–H and O–H groups in total. The van der Waals surface area contributed by atoms with Gasteiger partial charge in [0.25, 0.3) is 0 Å². The lowest BCUT2D eigenvalue weighted by atomic mass is 9.81. The van der Waals surface area contributed by atoms with Crippen LogP contribution >= 0.6 is 11.8 Å². The van der Waals surface area contributed by atoms with Gasteiger partial charge in [-0.1, -0.05) is 6.07 Å². The van der Waals surface area contributed by atoms with E-state index in [1.54, 1.807) is 26.5 Å². The van der Waals surface area contributed by atoms with E-state index >= 15 is 4.39 Å². The SMILES string of the molecule is COc1cccc(SCCN2CC[C@@H](CC[C@@H](F)c3ccnc4ccc(OC)cc34)[C@@H](CO)C2)c1. The second-order valence-electron chi connectivity index (χ2n) is 9.15. The zero-order valence-electron chi connectivity index (χ0n) is 20.5. The zero-order valence-corrected chi connectivity index (χ0v) is 21.3. The van der Waals surface area contributed by atoms with Gasteiger partial charge in [-0.2, -0.15) is 0 Å². The Morgan fingerprint density at radius 1 is 1.11 bits per heavy atom. The van der Waals surface area contributed by atoms with Crippen molar-refractivity contribution >= 4 is 22.7 Å². The summed E-state index contributed by atoms with van der Waals surface area (Å²) in [6.45, 7) is 2.98. The van der Waals surface area contributed by atoms with Gasteiger partial charge in [0.2, 0.25) is 0 Å². The minimum Gasteiger partial charge on any atom is -0.497 e. The number of aliphatic hydroxyl groups excluding tert-OH is 1. The fraction of sp³-hybridized carbons (Fsp3) is 0.464. The number of rotatable bonds is 11. The summed E-state index contributed by atoms with van der Waals surface area (Å²) in [6, 6.07) is 15.5. The summed E-state index contributed by atoms with van der Waals surface area (Å²) in [7, 11) is 3.30. The lowest BCUT2D eigenvalue weighted by molar-refractivity contribution is 0.0672. The van der Waals surface area contributed by atoms with Crippen LogP contribution in [0.2, 0.25) is 0 Å². The number of thioether (sulfide) groups is 1. The van der Waals surface area contributed by atoms with Crippen LogP contribution < -0.4 is 9.47 Å². The van der Waals surface area contributed by atoms with Crippen molar-refractivity contribution < 1.29 is 19.0 Å². The van der Waals surface area contributed by atoms with E-state index in [-0.39, 0.29) is 12.5 Å². The van der Waals surface area contributed by atoms with Crippen molar-refractivity contribution in [1.29, 1.82) is 0 Å². The zero-order chi connectivity index (χ0) is 24.6. The van der Waals surface area contributed by atoms with E-state index in [9.17, 15) is 5.11 Å². The topological polar surface area (TPSA) is 54.8 Å². The molecule has 0 aliphatic carbocycles. The van der Waals surface area contributed by atoms with Crippen LogP contribution in [0.4, 0.5) is 4.39 Å². The van der Waals surface area contributed by atoms with Gasteiger partial charge in [0, 0.05) is 41.9 Å². The van der Waals surface area contributed by atoms with Gasteiger partial charge < -0.3 is 19.5 Å². The maximum Gasteiger partial charge on any atom is 0.126 e. The van der Waals surface area contributed by atoms with Gasteiger partial charge in [-0.25, -0.2) is 4.39 Å². The minimum atomic E-state index is -1.07. The molecule has 2 aromatic carbocycles. The summed E-state index contributed by atoms with van der Waals surface area (Å²) in [5.74, 6) is 3.09. The van der Waals surface area contributed by atoms with Crippen molar-refractivity contribution in [3.63, 3.8) is 0 Å². The van der Waals surface area contributed by atoms with Gasteiger partial charge in [-0.3, -0.25) is 4.98 Å². The summed E-state index contributed by atoms with van der Waals surface area (Å²) in [4.78, 5) is 8.00. The van der Waals surface area contributed by atoms with E-state index in [0.29, 0.717) is 23.7 Å². The number of benzene rings is 2. The highest BCUT2D eigenvalue weighted by Crippen LogP contribution is 2.35. The van der Waals surface area contributed by atoms with Crippen molar-refractivity contribution in [1.82, 2.24) is 9.88 Å². The van der Waals surface area contributed by atoms with Crippen LogP contribution in [0.5, 0.6) is 11.5 Å². The number of hydrogen-bond acceptors (Lipinski definition) is 6. The Balaban J connectivity index is 1.28. The number of nitrogens with zero attached hydrogens (tertiary/aromatic N) is 2. The fourth-order valence-corrected chi connectivity index (χ4v) is 5.95. The smallest absolute Gasteiger partial charge is 0.126 e. The molecule has 7 heteroatoms. The highest BCUT2D eigenvalue weighted by atomic mass is 32.2. The molecule has 0 radical (unpaired) electrons. The van der Waals surface area contributed by atoms with Crippen molar-refractivity contribution in [2.24, 2.45) is 11.8 Å². The number of methoxy groups -OCH3 is 2. The number of aliphatic hydroxyl groups is 1. The molecule has 1 saturated heterocycles. The number of piperidine rings is 1. The third-order valence-corrected chi connectivity index (χ3v) is 8.01. The number of ether oxygens (including phenoxy) is 2. The van der Waals surface area contributed by atoms with Crippen LogP contribution in [0.15, 0.2) is 59.6 Å². The minimum absolute atomic E-state index is 0.149. The summed E-state index contributed by atoms with van der Waals surface area (Å²) in [6.07, 6.45) is 2.82. The Morgan fingerprint density at radius 2 is 1.94 bits per heavy atom. The molecule has 1 aromatic heterocycles. The van der Waals surface area contributed by atoms with Crippen molar-refractivity contribution in [3.8, 4) is 11.5 Å². The molecule has 1 aliphatic rings. The quantitative estimate of drug-likeness (QED) is 0.339. The molecule has 0 unspecified atom stereocenters. The largest absolute Gasteiger partial charge is 0.497 e. The van der Waals surface area contributed by atoms with Crippen LogP contribution in [0, 0.1) is 11.8 Å². The Labute approximate surface area is 211 Å². The third-order valence-electron chi connectivity index (χ3n) is 7.04. The summed E-state index contributed by atoms with van der Waals surface area (Å²) < 4.78 is 26.0. The van der Waals surface area contributed by atoms with Gasteiger partial charge in [-0.05, 0) is 85.7 Å². The molecule has 4 rings (SSSR count). The predicted octanol–water partition coefficient (Wildman–Crippen LogP) is 5.77. The lowest BCUT2D eigenvalue weighted by Crippen LogP contribution is -2.43. The van der Waals surface area contributed by atoms with E-state index in [0.717, 1.165) is 54.9 Å². The second kappa shape index (κ2) is 12.6. The number of likely N-dealkylation sites (tertiary alicyclic amines) is 1. The number of aromatic nitrogens is 1. The number of pyridine rings is 1. The van der Waals surface area contributed by atoms with Gasteiger partial charge in [-0.15, -0.1) is 11.8 Å². The van der Waals surface area contributed by atoms with E-state index in [1.807, 2.05) is 42.1 Å². The first-order valence-electron chi connectivity index (χ1n) is 12.3. The molecule has 2 heterocycles. The monoisotopic (exact) mass is 498 g/mol. The molecule has 3 aromatic rings. The maximum atomic E-state index is 15.4. The molecule has 1 aliphatic heterocycles. The lowest BCUT2D eigenvalue weighted by Gasteiger charge is -2.38. The number of hydrogen-bond donors (Lipinski definition) is 1. The first kappa shape index (κ1) is 25.7. The second-order valence-corrected chi connectivity index (χ2v) is 10.3. The molecule has 0 spiro atoms. The molecule has 35 heavy (non-hydrogen) atoms. The standard InChI is InChI=1S/C28H35FN2O3S/c1-33-22-4-3-5-24(16-22)35-15-14-31-13-11-20(21(18-31)19-32)6-8-27(29)25-10-12-30-28-9-7-23(34-2)17-26(25)28/h3-5,7,9-10,12,16-17,20-21,27,32H,6,8,11,13-15,18-19H2,1-2H3/t20-,21-,27-/m1/s1. The Kier molecular flexibility index (Phi) is 9.24. The fourth-order valence-electron chi connectivity index (χ4n) is 4.99. The summed E-state index contributed by atoms with van der Waals surface area (Å²) >= 11 is 1.82. The normalized spacial score (nSPS) is 19.5. The van der Waals surface area contributed by atoms with Crippen LogP contribution in [0.25, 0.3) is 10.9 Å². The van der Waals surface area contributed by atoms with Gasteiger partial charge in [0.1, 0.15) is 17.7 Å². The average molecular weight is 499 g/mol. The third kappa shape index (κ3) is 6.66. The van der Waals surface area contributed by atoms with Crippen LogP contribution in [-0.4, -0.2) is 61.2 Å². The van der Waals surface area contributed by atoms with E-state index < -0.39 is 6.17 Å². The van der Waals surface area contributed by atoms with Crippen molar-refractivity contribution in [2.75, 3.05) is 46.2 Å². The highest BCUT2D eigenvalue weighted by molar-refractivity contribution is 7.99. The molecule has 0 bridgehead atoms. The van der Waals surface area contributed by atoms with Gasteiger partial charge in [0.05, 0.1) is 19.7 Å². The Hall–Kier alpha value is -2.35. The first-order valence-corrected chi connectivity index (χ1v) is 13.3. The average Bonchev–Trinajstić information content (AvgIpc) is 2.91. The summed E-state index contributed by atoms with van der Waals surface area (Å²) in [5, 5.41) is 10.9. The maximum absolute atomic E-state index is 15.4. The highest BCUT2D eigenvalue weighted by Gasteiger charge is 2.29.